The summed E-state index contributed by atoms with van der Waals surface area (Å²) in [5.41, 5.74) is 2.09. The second kappa shape index (κ2) is 7.15. The molecule has 6 nitrogen and oxygen atoms in total. The highest BCUT2D eigenvalue weighted by Gasteiger charge is 2.20. The van der Waals surface area contributed by atoms with E-state index in [0.717, 1.165) is 23.9 Å². The van der Waals surface area contributed by atoms with Crippen LogP contribution in [0.25, 0.3) is 10.9 Å². The molecule has 3 rings (SSSR count). The molecule has 24 heavy (non-hydrogen) atoms. The van der Waals surface area contributed by atoms with Gasteiger partial charge in [-0.05, 0) is 36.1 Å². The van der Waals surface area contributed by atoms with Crippen molar-refractivity contribution in [2.75, 3.05) is 32.8 Å². The van der Waals surface area contributed by atoms with Gasteiger partial charge in [0.2, 0.25) is 5.91 Å². The highest BCUT2D eigenvalue weighted by atomic mass is 16.5. The Morgan fingerprint density at radius 1 is 1.33 bits per heavy atom. The molecule has 1 aromatic carbocycles. The topological polar surface area (TPSA) is 71.8 Å². The molecule has 1 unspecified atom stereocenters. The predicted octanol–water partition coefficient (Wildman–Crippen LogP) is 1.88. The Bertz CT molecular complexity index is 753. The maximum Gasteiger partial charge on any atom is 0.317 e. The van der Waals surface area contributed by atoms with Crippen LogP contribution in [0.1, 0.15) is 17.3 Å². The lowest BCUT2D eigenvalue weighted by Gasteiger charge is -2.21. The van der Waals surface area contributed by atoms with Gasteiger partial charge in [0.1, 0.15) is 0 Å². The third kappa shape index (κ3) is 3.83. The van der Waals surface area contributed by atoms with Gasteiger partial charge in [-0.2, -0.15) is 0 Å². The Kier molecular flexibility index (Phi) is 4.97. The molecule has 1 fully saturated rings. The lowest BCUT2D eigenvalue weighted by atomic mass is 9.98. The summed E-state index contributed by atoms with van der Waals surface area (Å²) >= 11 is 0. The molecule has 2 heterocycles. The number of carboxylic acids is 1. The number of hydrogen-bond acceptors (Lipinski definition) is 4. The number of carboxylic acid groups (broad SMARTS) is 1. The highest BCUT2D eigenvalue weighted by Crippen LogP contribution is 2.21. The number of benzene rings is 1. The molecule has 128 valence electrons. The maximum atomic E-state index is 11.6. The van der Waals surface area contributed by atoms with Gasteiger partial charge in [0.15, 0.2) is 0 Å². The van der Waals surface area contributed by atoms with Crippen molar-refractivity contribution < 1.29 is 19.4 Å². The number of hydrogen-bond donors (Lipinski definition) is 1. The molecule has 6 heteroatoms. The van der Waals surface area contributed by atoms with Crippen molar-refractivity contribution in [3.63, 3.8) is 0 Å². The second-order valence-corrected chi connectivity index (χ2v) is 6.37. The molecule has 1 aliphatic rings. The number of nitrogens with zero attached hydrogens (tertiary/aromatic N) is 2. The van der Waals surface area contributed by atoms with Crippen molar-refractivity contribution in [1.29, 1.82) is 0 Å². The zero-order valence-corrected chi connectivity index (χ0v) is 13.8. The number of aromatic nitrogens is 1. The van der Waals surface area contributed by atoms with Crippen molar-refractivity contribution >= 4 is 22.8 Å². The van der Waals surface area contributed by atoms with Crippen LogP contribution in [-0.2, 0) is 16.0 Å². The van der Waals surface area contributed by atoms with Crippen molar-refractivity contribution in [3.05, 3.63) is 36.0 Å². The van der Waals surface area contributed by atoms with Crippen LogP contribution in [0.5, 0.6) is 0 Å². The Morgan fingerprint density at radius 2 is 2.17 bits per heavy atom. The zero-order valence-electron chi connectivity index (χ0n) is 13.8. The van der Waals surface area contributed by atoms with E-state index >= 15 is 0 Å². The molecular formula is C18H22N2O4. The fourth-order valence-corrected chi connectivity index (χ4v) is 3.34. The number of fused-ring (bicyclic) bond motifs is 1. The van der Waals surface area contributed by atoms with E-state index in [1.165, 1.54) is 5.56 Å². The van der Waals surface area contributed by atoms with E-state index < -0.39 is 5.97 Å². The number of ether oxygens (including phenoxy) is 1. The van der Waals surface area contributed by atoms with Crippen LogP contribution in [0.4, 0.5) is 0 Å². The van der Waals surface area contributed by atoms with E-state index in [9.17, 15) is 9.59 Å². The van der Waals surface area contributed by atoms with Gasteiger partial charge in [-0.3, -0.25) is 19.1 Å². The lowest BCUT2D eigenvalue weighted by Crippen LogP contribution is -2.35. The van der Waals surface area contributed by atoms with Gasteiger partial charge in [-0.25, -0.2) is 0 Å². The van der Waals surface area contributed by atoms with E-state index in [2.05, 4.69) is 6.07 Å². The van der Waals surface area contributed by atoms with E-state index in [0.29, 0.717) is 19.8 Å². The van der Waals surface area contributed by atoms with Crippen LogP contribution in [0, 0.1) is 5.92 Å². The summed E-state index contributed by atoms with van der Waals surface area (Å²) in [7, 11) is 0. The SMILES string of the molecule is CC(=O)n1ccc2cc(CC3COCCN(CC(=O)O)C3)ccc21. The van der Waals surface area contributed by atoms with Crippen molar-refractivity contribution in [3.8, 4) is 0 Å². The first-order valence-electron chi connectivity index (χ1n) is 8.16. The summed E-state index contributed by atoms with van der Waals surface area (Å²) in [5, 5.41) is 10.0. The summed E-state index contributed by atoms with van der Waals surface area (Å²) in [6.45, 7) is 4.20. The number of rotatable bonds is 4. The van der Waals surface area contributed by atoms with E-state index in [1.807, 2.05) is 23.1 Å². The van der Waals surface area contributed by atoms with Crippen molar-refractivity contribution in [2.24, 2.45) is 5.92 Å². The van der Waals surface area contributed by atoms with Gasteiger partial charge in [-0.15, -0.1) is 0 Å². The molecule has 1 aliphatic heterocycles. The summed E-state index contributed by atoms with van der Waals surface area (Å²) < 4.78 is 7.27. The molecule has 1 aromatic heterocycles. The van der Waals surface area contributed by atoms with E-state index in [-0.39, 0.29) is 18.4 Å². The minimum Gasteiger partial charge on any atom is -0.480 e. The second-order valence-electron chi connectivity index (χ2n) is 6.37. The van der Waals surface area contributed by atoms with Gasteiger partial charge in [0.25, 0.3) is 0 Å². The van der Waals surface area contributed by atoms with Crippen LogP contribution >= 0.6 is 0 Å². The average Bonchev–Trinajstić information content (AvgIpc) is 2.82. The maximum absolute atomic E-state index is 11.6. The third-order valence-electron chi connectivity index (χ3n) is 4.40. The Balaban J connectivity index is 1.73. The zero-order chi connectivity index (χ0) is 17.1. The van der Waals surface area contributed by atoms with Crippen molar-refractivity contribution in [1.82, 2.24) is 9.47 Å². The molecule has 1 atom stereocenters. The van der Waals surface area contributed by atoms with Gasteiger partial charge >= 0.3 is 5.97 Å². The van der Waals surface area contributed by atoms with Crippen LogP contribution < -0.4 is 0 Å². The smallest absolute Gasteiger partial charge is 0.317 e. The fourth-order valence-electron chi connectivity index (χ4n) is 3.34. The largest absolute Gasteiger partial charge is 0.480 e. The summed E-state index contributed by atoms with van der Waals surface area (Å²) in [6, 6.07) is 8.05. The molecule has 0 bridgehead atoms. The van der Waals surface area contributed by atoms with Crippen molar-refractivity contribution in [2.45, 2.75) is 13.3 Å². The van der Waals surface area contributed by atoms with Crippen LogP contribution in [0.2, 0.25) is 0 Å². The number of carbonyl (C=O) groups is 2. The number of aliphatic carboxylic acids is 1. The lowest BCUT2D eigenvalue weighted by molar-refractivity contribution is -0.138. The minimum atomic E-state index is -0.803. The van der Waals surface area contributed by atoms with Gasteiger partial charge < -0.3 is 9.84 Å². The average molecular weight is 330 g/mol. The van der Waals surface area contributed by atoms with Gasteiger partial charge in [0.05, 0.1) is 25.3 Å². The Labute approximate surface area is 140 Å². The third-order valence-corrected chi connectivity index (χ3v) is 4.40. The van der Waals surface area contributed by atoms with E-state index in [1.54, 1.807) is 17.7 Å². The molecule has 0 aliphatic carbocycles. The molecule has 1 saturated heterocycles. The number of carbonyl (C=O) groups excluding carboxylic acids is 1. The van der Waals surface area contributed by atoms with Gasteiger partial charge in [-0.1, -0.05) is 6.07 Å². The molecule has 0 saturated carbocycles. The molecule has 0 radical (unpaired) electrons. The monoisotopic (exact) mass is 330 g/mol. The quantitative estimate of drug-likeness (QED) is 0.927. The van der Waals surface area contributed by atoms with E-state index in [4.69, 9.17) is 9.84 Å². The molecule has 0 spiro atoms. The molecule has 2 aromatic rings. The van der Waals surface area contributed by atoms with Crippen LogP contribution in [-0.4, -0.2) is 59.3 Å². The standard InChI is InChI=1S/C18H22N2O4/c1-13(21)20-5-4-16-9-14(2-3-17(16)20)8-15-10-19(11-18(22)23)6-7-24-12-15/h2-5,9,15H,6-8,10-12H2,1H3,(H,22,23). The molecule has 1 N–H and O–H groups in total. The fraction of sp³-hybridized carbons (Fsp3) is 0.444. The molecule has 0 amide bonds. The normalized spacial score (nSPS) is 19.3. The first kappa shape index (κ1) is 16.7. The Morgan fingerprint density at radius 3 is 2.92 bits per heavy atom. The van der Waals surface area contributed by atoms with Crippen LogP contribution in [0.15, 0.2) is 30.5 Å². The first-order chi connectivity index (χ1) is 11.5. The first-order valence-corrected chi connectivity index (χ1v) is 8.16. The molecular weight excluding hydrogens is 308 g/mol. The summed E-state index contributed by atoms with van der Waals surface area (Å²) in [4.78, 5) is 24.4. The minimum absolute atomic E-state index is 0.000712. The summed E-state index contributed by atoms with van der Waals surface area (Å²) in [5.74, 6) is -0.541. The highest BCUT2D eigenvalue weighted by molar-refractivity contribution is 5.91. The Hall–Kier alpha value is -2.18. The summed E-state index contributed by atoms with van der Waals surface area (Å²) in [6.07, 6.45) is 2.62. The van der Waals surface area contributed by atoms with Crippen LogP contribution in [0.3, 0.4) is 0 Å². The predicted molar refractivity (Wildman–Crippen MR) is 90.3 cm³/mol. The van der Waals surface area contributed by atoms with Gasteiger partial charge in [0, 0.05) is 31.6 Å².